The van der Waals surface area contributed by atoms with E-state index in [1.54, 1.807) is 0 Å². The first-order valence-electron chi connectivity index (χ1n) is 5.81. The smallest absolute Gasteiger partial charge is 0.0580 e. The van der Waals surface area contributed by atoms with Gasteiger partial charge in [0.2, 0.25) is 0 Å². The van der Waals surface area contributed by atoms with Gasteiger partial charge in [0.05, 0.1) is 16.0 Å². The van der Waals surface area contributed by atoms with Gasteiger partial charge in [0, 0.05) is 10.9 Å². The predicted octanol–water partition coefficient (Wildman–Crippen LogP) is 2.46. The third-order valence-electron chi connectivity index (χ3n) is 3.41. The van der Waals surface area contributed by atoms with Crippen molar-refractivity contribution in [3.05, 3.63) is 28.8 Å². The van der Waals surface area contributed by atoms with Crippen LogP contribution < -0.4 is 5.32 Å². The first-order chi connectivity index (χ1) is 7.56. The second kappa shape index (κ2) is 4.30. The Balaban J connectivity index is 2.52. The maximum Gasteiger partial charge on any atom is 0.0580 e. The van der Waals surface area contributed by atoms with Crippen molar-refractivity contribution >= 4 is 10.8 Å². The summed E-state index contributed by atoms with van der Waals surface area (Å²) in [5.74, 6) is 0. The number of fused-ring (bicyclic) bond motifs is 1. The molecule has 0 saturated carbocycles. The van der Waals surface area contributed by atoms with Crippen LogP contribution in [0.15, 0.2) is 17.0 Å². The monoisotopic (exact) mass is 237 g/mol. The van der Waals surface area contributed by atoms with Crippen LogP contribution in [0, 0.1) is 13.8 Å². The molecule has 0 radical (unpaired) electrons. The number of nitrogens with one attached hydrogen (secondary N) is 1. The quantitative estimate of drug-likeness (QED) is 0.856. The highest BCUT2D eigenvalue weighted by Crippen LogP contribution is 2.37. The fraction of sp³-hybridized carbons (Fsp3) is 0.538. The molecule has 16 heavy (non-hydrogen) atoms. The van der Waals surface area contributed by atoms with Crippen LogP contribution in [-0.4, -0.2) is 16.0 Å². The summed E-state index contributed by atoms with van der Waals surface area (Å²) in [5.41, 5.74) is 3.75. The molecular formula is C13H19NOS. The van der Waals surface area contributed by atoms with Crippen molar-refractivity contribution in [2.45, 2.75) is 43.9 Å². The molecule has 1 N–H and O–H groups in total. The molecule has 1 aromatic rings. The van der Waals surface area contributed by atoms with Crippen LogP contribution in [0.2, 0.25) is 0 Å². The Labute approximate surface area is 99.9 Å². The van der Waals surface area contributed by atoms with Crippen molar-refractivity contribution in [1.29, 1.82) is 0 Å². The summed E-state index contributed by atoms with van der Waals surface area (Å²) >= 11 is 0. The number of benzene rings is 1. The van der Waals surface area contributed by atoms with Gasteiger partial charge < -0.3 is 5.32 Å². The summed E-state index contributed by atoms with van der Waals surface area (Å²) in [6.07, 6.45) is 0. The molecule has 0 aliphatic carbocycles. The van der Waals surface area contributed by atoms with Crippen molar-refractivity contribution in [3.8, 4) is 0 Å². The zero-order valence-corrected chi connectivity index (χ0v) is 11.1. The lowest BCUT2D eigenvalue weighted by Gasteiger charge is -2.16. The minimum atomic E-state index is -0.855. The molecule has 3 heteroatoms. The number of hydrogen-bond donors (Lipinski definition) is 1. The minimum absolute atomic E-state index is 0.177. The van der Waals surface area contributed by atoms with E-state index in [1.807, 2.05) is 0 Å². The first kappa shape index (κ1) is 11.8. The van der Waals surface area contributed by atoms with E-state index < -0.39 is 10.8 Å². The molecule has 2 nitrogen and oxygen atoms in total. The van der Waals surface area contributed by atoms with Crippen LogP contribution >= 0.6 is 0 Å². The Bertz CT molecular complexity index is 442. The van der Waals surface area contributed by atoms with Gasteiger partial charge in [-0.1, -0.05) is 13.0 Å². The molecule has 0 bridgehead atoms. The van der Waals surface area contributed by atoms with Crippen LogP contribution in [0.25, 0.3) is 0 Å². The van der Waals surface area contributed by atoms with E-state index in [0.29, 0.717) is 0 Å². The third kappa shape index (κ3) is 1.72. The molecule has 0 fully saturated rings. The largest absolute Gasteiger partial charge is 0.309 e. The second-order valence-corrected chi connectivity index (χ2v) is 6.29. The summed E-state index contributed by atoms with van der Waals surface area (Å²) in [6, 6.07) is 4.54. The van der Waals surface area contributed by atoms with E-state index in [9.17, 15) is 4.21 Å². The zero-order chi connectivity index (χ0) is 11.9. The zero-order valence-electron chi connectivity index (χ0n) is 10.3. The van der Waals surface area contributed by atoms with Crippen LogP contribution in [0.3, 0.4) is 0 Å². The predicted molar refractivity (Wildman–Crippen MR) is 68.2 cm³/mol. The lowest BCUT2D eigenvalue weighted by molar-refractivity contribution is 0.546. The fourth-order valence-corrected chi connectivity index (χ4v) is 3.90. The average molecular weight is 237 g/mol. The molecule has 0 amide bonds. The number of aryl methyl sites for hydroxylation is 2. The van der Waals surface area contributed by atoms with Gasteiger partial charge in [0.15, 0.2) is 0 Å². The lowest BCUT2D eigenvalue weighted by Crippen LogP contribution is -2.27. The molecule has 2 rings (SSSR count). The molecule has 1 aliphatic heterocycles. The molecule has 1 heterocycles. The van der Waals surface area contributed by atoms with Crippen molar-refractivity contribution in [2.24, 2.45) is 0 Å². The normalized spacial score (nSPS) is 28.1. The number of rotatable bonds is 2. The highest BCUT2D eigenvalue weighted by molar-refractivity contribution is 7.86. The van der Waals surface area contributed by atoms with Crippen LogP contribution in [0.1, 0.15) is 36.6 Å². The van der Waals surface area contributed by atoms with Gasteiger partial charge in [0.25, 0.3) is 0 Å². The van der Waals surface area contributed by atoms with Gasteiger partial charge in [0.1, 0.15) is 0 Å². The summed E-state index contributed by atoms with van der Waals surface area (Å²) in [4.78, 5) is 1.03. The summed E-state index contributed by atoms with van der Waals surface area (Å²) in [5, 5.41) is 3.61. The van der Waals surface area contributed by atoms with Gasteiger partial charge in [-0.3, -0.25) is 4.21 Å². The molecule has 0 spiro atoms. The first-order valence-corrected chi connectivity index (χ1v) is 7.02. The summed E-state index contributed by atoms with van der Waals surface area (Å²) in [7, 11) is -0.855. The van der Waals surface area contributed by atoms with E-state index in [-0.39, 0.29) is 11.3 Å². The summed E-state index contributed by atoms with van der Waals surface area (Å²) < 4.78 is 12.2. The maximum atomic E-state index is 12.2. The average Bonchev–Trinajstić information content (AvgIpc) is 2.46. The lowest BCUT2D eigenvalue weighted by atomic mass is 9.99. The second-order valence-electron chi connectivity index (χ2n) is 4.51. The molecule has 0 aromatic heterocycles. The Morgan fingerprint density at radius 1 is 1.31 bits per heavy atom. The molecule has 88 valence electrons. The molecule has 3 atom stereocenters. The maximum absolute atomic E-state index is 12.2. The molecule has 1 aromatic carbocycles. The van der Waals surface area contributed by atoms with E-state index in [0.717, 1.165) is 11.4 Å². The Hall–Kier alpha value is -0.670. The topological polar surface area (TPSA) is 29.1 Å². The van der Waals surface area contributed by atoms with Crippen LogP contribution in [-0.2, 0) is 10.8 Å². The third-order valence-corrected chi connectivity index (χ3v) is 5.14. The van der Waals surface area contributed by atoms with Crippen molar-refractivity contribution in [1.82, 2.24) is 5.32 Å². The highest BCUT2D eigenvalue weighted by atomic mass is 32.2. The van der Waals surface area contributed by atoms with Crippen LogP contribution in [0.4, 0.5) is 0 Å². The Morgan fingerprint density at radius 3 is 2.56 bits per heavy atom. The SMILES string of the molecule is CCNC1c2cc(C)c(C)cc2S(=O)C1C. The summed E-state index contributed by atoms with van der Waals surface area (Å²) in [6.45, 7) is 9.27. The van der Waals surface area contributed by atoms with Gasteiger partial charge in [-0.2, -0.15) is 0 Å². The molecular weight excluding hydrogens is 218 g/mol. The van der Waals surface area contributed by atoms with Crippen molar-refractivity contribution < 1.29 is 4.21 Å². The molecule has 1 aliphatic rings. The number of hydrogen-bond acceptors (Lipinski definition) is 2. The van der Waals surface area contributed by atoms with Crippen molar-refractivity contribution in [3.63, 3.8) is 0 Å². The van der Waals surface area contributed by atoms with Gasteiger partial charge in [-0.25, -0.2) is 0 Å². The molecule has 3 unspecified atom stereocenters. The van der Waals surface area contributed by atoms with Gasteiger partial charge in [-0.15, -0.1) is 0 Å². The van der Waals surface area contributed by atoms with E-state index in [2.05, 4.69) is 45.1 Å². The van der Waals surface area contributed by atoms with Gasteiger partial charge >= 0.3 is 0 Å². The Morgan fingerprint density at radius 2 is 1.94 bits per heavy atom. The van der Waals surface area contributed by atoms with E-state index in [1.165, 1.54) is 16.7 Å². The van der Waals surface area contributed by atoms with Crippen LogP contribution in [0.5, 0.6) is 0 Å². The van der Waals surface area contributed by atoms with Gasteiger partial charge in [-0.05, 0) is 50.1 Å². The van der Waals surface area contributed by atoms with Crippen molar-refractivity contribution in [2.75, 3.05) is 6.54 Å². The Kier molecular flexibility index (Phi) is 3.17. The standard InChI is InChI=1S/C13H19NOS/c1-5-14-13-10(4)16(15)12-7-9(3)8(2)6-11(12)13/h6-7,10,13-14H,5H2,1-4H3. The van der Waals surface area contributed by atoms with E-state index >= 15 is 0 Å². The highest BCUT2D eigenvalue weighted by Gasteiger charge is 2.35. The minimum Gasteiger partial charge on any atom is -0.309 e. The fourth-order valence-electron chi connectivity index (χ4n) is 2.30. The van der Waals surface area contributed by atoms with E-state index in [4.69, 9.17) is 0 Å². The molecule has 0 saturated heterocycles.